The largest absolute Gasteiger partial charge is 0.369 e. The number of hydrogen-bond donors (Lipinski definition) is 0. The zero-order chi connectivity index (χ0) is 13.8. The van der Waals surface area contributed by atoms with Crippen LogP contribution in [0.1, 0.15) is 18.9 Å². The van der Waals surface area contributed by atoms with Gasteiger partial charge >= 0.3 is 0 Å². The Hall–Kier alpha value is -1.54. The summed E-state index contributed by atoms with van der Waals surface area (Å²) in [7, 11) is 0. The van der Waals surface area contributed by atoms with Crippen molar-refractivity contribution in [2.24, 2.45) is 0 Å². The molecule has 0 unspecified atom stereocenters. The van der Waals surface area contributed by atoms with Crippen LogP contribution in [0.15, 0.2) is 22.7 Å². The maximum Gasteiger partial charge on any atom is 0.219 e. The van der Waals surface area contributed by atoms with Crippen LogP contribution in [0.2, 0.25) is 0 Å². The van der Waals surface area contributed by atoms with Crippen LogP contribution in [0.25, 0.3) is 0 Å². The highest BCUT2D eigenvalue weighted by Gasteiger charge is 2.18. The maximum atomic E-state index is 11.4. The fourth-order valence-corrected chi connectivity index (χ4v) is 2.71. The smallest absolute Gasteiger partial charge is 0.219 e. The molecule has 0 N–H and O–H groups in total. The second-order valence-corrected chi connectivity index (χ2v) is 5.54. The average Bonchev–Trinajstić information content (AvgIpc) is 2.64. The molecule has 2 rings (SSSR count). The Labute approximate surface area is 121 Å². The molecule has 0 atom stereocenters. The van der Waals surface area contributed by atoms with Gasteiger partial charge in [0.1, 0.15) is 6.07 Å². The van der Waals surface area contributed by atoms with Gasteiger partial charge in [-0.25, -0.2) is 0 Å². The zero-order valence-corrected chi connectivity index (χ0v) is 12.5. The van der Waals surface area contributed by atoms with Gasteiger partial charge in [-0.2, -0.15) is 5.26 Å². The Balaban J connectivity index is 2.19. The first-order valence-corrected chi connectivity index (χ1v) is 7.11. The van der Waals surface area contributed by atoms with Crippen LogP contribution in [-0.2, 0) is 4.79 Å². The van der Waals surface area contributed by atoms with E-state index in [2.05, 4.69) is 26.9 Å². The Kier molecular flexibility index (Phi) is 4.43. The van der Waals surface area contributed by atoms with Gasteiger partial charge in [0.2, 0.25) is 5.91 Å². The highest BCUT2D eigenvalue weighted by Crippen LogP contribution is 2.25. The normalized spacial score (nSPS) is 15.8. The molecule has 0 aromatic heterocycles. The lowest BCUT2D eigenvalue weighted by Crippen LogP contribution is -2.33. The van der Waals surface area contributed by atoms with E-state index in [4.69, 9.17) is 0 Å². The van der Waals surface area contributed by atoms with E-state index in [-0.39, 0.29) is 5.91 Å². The average molecular weight is 322 g/mol. The fraction of sp³-hybridized carbons (Fsp3) is 0.429. The van der Waals surface area contributed by atoms with Crippen LogP contribution in [-0.4, -0.2) is 37.0 Å². The Morgan fingerprint density at radius 2 is 2.11 bits per heavy atom. The first-order valence-electron chi connectivity index (χ1n) is 6.32. The van der Waals surface area contributed by atoms with Gasteiger partial charge in [0.15, 0.2) is 0 Å². The molecule has 0 radical (unpaired) electrons. The van der Waals surface area contributed by atoms with Gasteiger partial charge in [-0.3, -0.25) is 4.79 Å². The molecule has 5 heteroatoms. The number of benzene rings is 1. The van der Waals surface area contributed by atoms with Crippen LogP contribution in [0.4, 0.5) is 5.69 Å². The number of anilines is 1. The van der Waals surface area contributed by atoms with Gasteiger partial charge in [0, 0.05) is 37.6 Å². The number of hydrogen-bond acceptors (Lipinski definition) is 3. The Morgan fingerprint density at radius 3 is 2.79 bits per heavy atom. The van der Waals surface area contributed by atoms with E-state index in [9.17, 15) is 10.1 Å². The third-order valence-corrected chi connectivity index (χ3v) is 3.85. The standard InChI is InChI=1S/C14H16BrN3O/c1-11(19)17-5-2-6-18(8-7-17)14-4-3-13(15)9-12(14)10-16/h3-4,9H,2,5-8H2,1H3. The summed E-state index contributed by atoms with van der Waals surface area (Å²) < 4.78 is 0.910. The van der Waals surface area contributed by atoms with Crippen molar-refractivity contribution in [3.8, 4) is 6.07 Å². The third kappa shape index (κ3) is 3.27. The highest BCUT2D eigenvalue weighted by atomic mass is 79.9. The summed E-state index contributed by atoms with van der Waals surface area (Å²) in [5.74, 6) is 0.123. The minimum absolute atomic E-state index is 0.123. The SMILES string of the molecule is CC(=O)N1CCCN(c2ccc(Br)cc2C#N)CC1. The minimum atomic E-state index is 0.123. The summed E-state index contributed by atoms with van der Waals surface area (Å²) >= 11 is 3.38. The van der Waals surface area contributed by atoms with Gasteiger partial charge in [0.25, 0.3) is 0 Å². The quantitative estimate of drug-likeness (QED) is 0.797. The molecule has 0 bridgehead atoms. The van der Waals surface area contributed by atoms with E-state index in [1.54, 1.807) is 6.92 Å². The first-order chi connectivity index (χ1) is 9.11. The predicted octanol–water partition coefficient (Wildman–Crippen LogP) is 2.38. The van der Waals surface area contributed by atoms with E-state index >= 15 is 0 Å². The molecule has 100 valence electrons. The summed E-state index contributed by atoms with van der Waals surface area (Å²) in [5.41, 5.74) is 1.63. The van der Waals surface area contributed by atoms with Crippen molar-refractivity contribution in [3.63, 3.8) is 0 Å². The number of rotatable bonds is 1. The van der Waals surface area contributed by atoms with Crippen molar-refractivity contribution in [1.82, 2.24) is 4.90 Å². The van der Waals surface area contributed by atoms with Gasteiger partial charge < -0.3 is 9.80 Å². The van der Waals surface area contributed by atoms with Crippen molar-refractivity contribution in [2.45, 2.75) is 13.3 Å². The number of nitrogens with zero attached hydrogens (tertiary/aromatic N) is 3. The maximum absolute atomic E-state index is 11.4. The van der Waals surface area contributed by atoms with Crippen molar-refractivity contribution in [1.29, 1.82) is 5.26 Å². The molecule has 1 saturated heterocycles. The highest BCUT2D eigenvalue weighted by molar-refractivity contribution is 9.10. The van der Waals surface area contributed by atoms with E-state index < -0.39 is 0 Å². The molecule has 1 amide bonds. The Morgan fingerprint density at radius 1 is 1.32 bits per heavy atom. The molecule has 1 aliphatic heterocycles. The van der Waals surface area contributed by atoms with Crippen molar-refractivity contribution in [3.05, 3.63) is 28.2 Å². The lowest BCUT2D eigenvalue weighted by atomic mass is 10.1. The van der Waals surface area contributed by atoms with E-state index in [0.29, 0.717) is 5.56 Å². The molecular weight excluding hydrogens is 306 g/mol. The lowest BCUT2D eigenvalue weighted by Gasteiger charge is -2.24. The number of carbonyl (C=O) groups is 1. The van der Waals surface area contributed by atoms with Crippen LogP contribution in [0, 0.1) is 11.3 Å². The number of carbonyl (C=O) groups excluding carboxylic acids is 1. The summed E-state index contributed by atoms with van der Waals surface area (Å²) in [6.07, 6.45) is 0.931. The van der Waals surface area contributed by atoms with Gasteiger partial charge in [-0.05, 0) is 24.6 Å². The van der Waals surface area contributed by atoms with Gasteiger partial charge in [0.05, 0.1) is 11.3 Å². The molecule has 4 nitrogen and oxygen atoms in total. The van der Waals surface area contributed by atoms with Gasteiger partial charge in [-0.1, -0.05) is 15.9 Å². The second kappa shape index (κ2) is 6.07. The van der Waals surface area contributed by atoms with Crippen LogP contribution >= 0.6 is 15.9 Å². The second-order valence-electron chi connectivity index (χ2n) is 4.62. The van der Waals surface area contributed by atoms with E-state index in [1.807, 2.05) is 23.1 Å². The Bertz CT molecular complexity index is 524. The number of halogens is 1. The fourth-order valence-electron chi connectivity index (χ4n) is 2.35. The first kappa shape index (κ1) is 13.9. The monoisotopic (exact) mass is 321 g/mol. The molecule has 0 spiro atoms. The van der Waals surface area contributed by atoms with E-state index in [1.165, 1.54) is 0 Å². The number of amides is 1. The van der Waals surface area contributed by atoms with E-state index in [0.717, 1.165) is 42.8 Å². The molecule has 1 heterocycles. The molecule has 1 aromatic rings. The van der Waals surface area contributed by atoms with Gasteiger partial charge in [-0.15, -0.1) is 0 Å². The minimum Gasteiger partial charge on any atom is -0.369 e. The third-order valence-electron chi connectivity index (χ3n) is 3.36. The zero-order valence-electron chi connectivity index (χ0n) is 10.9. The van der Waals surface area contributed by atoms with Crippen LogP contribution in [0.5, 0.6) is 0 Å². The molecule has 0 saturated carbocycles. The molecule has 0 aliphatic carbocycles. The lowest BCUT2D eigenvalue weighted by molar-refractivity contribution is -0.128. The summed E-state index contributed by atoms with van der Waals surface area (Å²) in [6.45, 7) is 4.77. The van der Waals surface area contributed by atoms with Crippen LogP contribution in [0.3, 0.4) is 0 Å². The molecule has 1 aromatic carbocycles. The van der Waals surface area contributed by atoms with Crippen molar-refractivity contribution >= 4 is 27.5 Å². The predicted molar refractivity (Wildman–Crippen MR) is 77.9 cm³/mol. The molecule has 1 fully saturated rings. The van der Waals surface area contributed by atoms with Crippen LogP contribution < -0.4 is 4.90 Å². The summed E-state index contributed by atoms with van der Waals surface area (Å²) in [6, 6.07) is 7.98. The molecular formula is C14H16BrN3O. The van der Waals surface area contributed by atoms with Crippen molar-refractivity contribution in [2.75, 3.05) is 31.1 Å². The topological polar surface area (TPSA) is 47.3 Å². The molecule has 19 heavy (non-hydrogen) atoms. The summed E-state index contributed by atoms with van der Waals surface area (Å²) in [4.78, 5) is 15.5. The van der Waals surface area contributed by atoms with Crippen molar-refractivity contribution < 1.29 is 4.79 Å². The number of nitriles is 1. The molecule has 1 aliphatic rings. The summed E-state index contributed by atoms with van der Waals surface area (Å²) in [5, 5.41) is 9.22.